The number of rotatable bonds is 4. The van der Waals surface area contributed by atoms with Crippen molar-refractivity contribution in [1.82, 2.24) is 25.1 Å². The van der Waals surface area contributed by atoms with Gasteiger partial charge in [-0.3, -0.25) is 14.4 Å². The van der Waals surface area contributed by atoms with E-state index in [2.05, 4.69) is 15.3 Å². The van der Waals surface area contributed by atoms with Gasteiger partial charge in [0.2, 0.25) is 5.91 Å². The quantitative estimate of drug-likeness (QED) is 0.382. The molecular formula is C29H30FN5O3. The minimum atomic E-state index is -0.735. The molecule has 4 aromatic rings. The molecule has 2 aliphatic heterocycles. The maximum Gasteiger partial charge on any atom is 0.270 e. The lowest BCUT2D eigenvalue weighted by atomic mass is 9.85. The minimum Gasteiger partial charge on any atom is -0.351 e. The maximum absolute atomic E-state index is 14.1. The minimum absolute atomic E-state index is 0.127. The Morgan fingerprint density at radius 3 is 2.29 bits per heavy atom. The molecule has 2 saturated heterocycles. The van der Waals surface area contributed by atoms with Crippen molar-refractivity contribution in [2.24, 2.45) is 5.41 Å². The Labute approximate surface area is 219 Å². The third kappa shape index (κ3) is 4.02. The van der Waals surface area contributed by atoms with Gasteiger partial charge in [0.15, 0.2) is 0 Å². The first-order chi connectivity index (χ1) is 18.1. The molecule has 0 radical (unpaired) electrons. The highest BCUT2D eigenvalue weighted by Gasteiger charge is 2.50. The molecule has 3 atom stereocenters. The number of nitrogens with zero attached hydrogens (tertiary/aromatic N) is 2. The van der Waals surface area contributed by atoms with E-state index in [-0.39, 0.29) is 29.8 Å². The van der Waals surface area contributed by atoms with Crippen LogP contribution in [0.4, 0.5) is 4.39 Å². The number of hydrogen-bond donors (Lipinski definition) is 3. The molecule has 0 aliphatic carbocycles. The lowest BCUT2D eigenvalue weighted by Gasteiger charge is -2.39. The Bertz CT molecular complexity index is 1550. The van der Waals surface area contributed by atoms with Crippen LogP contribution in [0.2, 0.25) is 0 Å². The first-order valence-corrected chi connectivity index (χ1v) is 12.9. The van der Waals surface area contributed by atoms with Gasteiger partial charge in [-0.05, 0) is 36.1 Å². The summed E-state index contributed by atoms with van der Waals surface area (Å²) < 4.78 is 14.1. The van der Waals surface area contributed by atoms with Crippen molar-refractivity contribution in [2.45, 2.75) is 45.3 Å². The van der Waals surface area contributed by atoms with E-state index in [1.807, 2.05) is 45.0 Å². The fourth-order valence-electron chi connectivity index (χ4n) is 5.79. The molecule has 6 rings (SSSR count). The molecule has 2 aromatic heterocycles. The van der Waals surface area contributed by atoms with Gasteiger partial charge in [-0.2, -0.15) is 0 Å². The number of nitrogens with one attached hydrogen (secondary N) is 3. The third-order valence-corrected chi connectivity index (χ3v) is 7.78. The normalized spacial score (nSPS) is 19.9. The van der Waals surface area contributed by atoms with Gasteiger partial charge in [-0.1, -0.05) is 51.1 Å². The van der Waals surface area contributed by atoms with Crippen molar-refractivity contribution in [2.75, 3.05) is 13.1 Å². The standard InChI is InChI=1S/C29H30FN5O3/c1-29(2,3)25(33-26(36)22-11-16-7-4-5-10-21(16)31-22)28(38)35-15-18-13-19(35)14-34(18)27(37)23-12-17-8-6-9-20(30)24(17)32-23/h4-12,18-19,25,31-32H,13-15H2,1-3H3,(H,33,36)/t18-,19-,25+/m0/s1. The van der Waals surface area contributed by atoms with Crippen molar-refractivity contribution in [1.29, 1.82) is 0 Å². The average Bonchev–Trinajstić information content (AvgIpc) is 3.67. The van der Waals surface area contributed by atoms with Gasteiger partial charge in [-0.25, -0.2) is 4.39 Å². The van der Waals surface area contributed by atoms with Gasteiger partial charge in [0.05, 0.1) is 17.6 Å². The van der Waals surface area contributed by atoms with Gasteiger partial charge in [0.1, 0.15) is 23.2 Å². The number of aromatic amines is 2. The predicted octanol–water partition coefficient (Wildman–Crippen LogP) is 4.06. The number of para-hydroxylation sites is 2. The number of H-pyrrole nitrogens is 2. The number of aromatic nitrogens is 2. The number of likely N-dealkylation sites (tertiary alicyclic amines) is 2. The zero-order chi connectivity index (χ0) is 26.8. The molecule has 4 heterocycles. The van der Waals surface area contributed by atoms with Gasteiger partial charge in [-0.15, -0.1) is 0 Å². The van der Waals surface area contributed by atoms with Crippen LogP contribution in [0.3, 0.4) is 0 Å². The fourth-order valence-corrected chi connectivity index (χ4v) is 5.79. The van der Waals surface area contributed by atoms with Crippen molar-refractivity contribution in [3.63, 3.8) is 0 Å². The van der Waals surface area contributed by atoms with Crippen LogP contribution < -0.4 is 5.32 Å². The summed E-state index contributed by atoms with van der Waals surface area (Å²) in [7, 11) is 0. The Morgan fingerprint density at radius 2 is 1.61 bits per heavy atom. The highest BCUT2D eigenvalue weighted by molar-refractivity contribution is 6.01. The summed E-state index contributed by atoms with van der Waals surface area (Å²) in [4.78, 5) is 49.8. The number of piperazine rings is 1. The molecule has 2 aliphatic rings. The number of carbonyl (C=O) groups is 3. The molecule has 196 valence electrons. The van der Waals surface area contributed by atoms with Gasteiger partial charge in [0, 0.05) is 29.4 Å². The molecule has 2 fully saturated rings. The monoisotopic (exact) mass is 515 g/mol. The number of carbonyl (C=O) groups excluding carboxylic acids is 3. The van der Waals surface area contributed by atoms with Gasteiger partial charge >= 0.3 is 0 Å². The second-order valence-corrected chi connectivity index (χ2v) is 11.4. The van der Waals surface area contributed by atoms with Crippen LogP contribution in [-0.4, -0.2) is 68.7 Å². The van der Waals surface area contributed by atoms with E-state index in [9.17, 15) is 18.8 Å². The molecule has 8 nitrogen and oxygen atoms in total. The van der Waals surface area contributed by atoms with Gasteiger partial charge in [0.25, 0.3) is 11.8 Å². The van der Waals surface area contributed by atoms with Gasteiger partial charge < -0.3 is 25.1 Å². The lowest BCUT2D eigenvalue weighted by Crippen LogP contribution is -2.59. The molecule has 0 unspecified atom stereocenters. The number of halogens is 1. The summed E-state index contributed by atoms with van der Waals surface area (Å²) in [5.41, 5.74) is 1.40. The molecule has 2 bridgehead atoms. The molecule has 0 spiro atoms. The Kier molecular flexibility index (Phi) is 5.55. The molecule has 3 amide bonds. The molecule has 9 heteroatoms. The van der Waals surface area contributed by atoms with Crippen LogP contribution in [0.1, 0.15) is 48.2 Å². The largest absolute Gasteiger partial charge is 0.351 e. The second kappa shape index (κ2) is 8.72. The van der Waals surface area contributed by atoms with Crippen LogP contribution in [0.15, 0.2) is 54.6 Å². The fraction of sp³-hybridized carbons (Fsp3) is 0.345. The number of benzene rings is 2. The zero-order valence-corrected chi connectivity index (χ0v) is 21.5. The van der Waals surface area contributed by atoms with Crippen molar-refractivity contribution >= 4 is 39.5 Å². The third-order valence-electron chi connectivity index (χ3n) is 7.78. The summed E-state index contributed by atoms with van der Waals surface area (Å²) in [5.74, 6) is -1.07. The van der Waals surface area contributed by atoms with E-state index in [1.54, 1.807) is 34.1 Å². The summed E-state index contributed by atoms with van der Waals surface area (Å²) in [5, 5.41) is 4.54. The summed E-state index contributed by atoms with van der Waals surface area (Å²) in [6.07, 6.45) is 0.679. The molecule has 38 heavy (non-hydrogen) atoms. The van der Waals surface area contributed by atoms with E-state index in [0.717, 1.165) is 10.9 Å². The maximum atomic E-state index is 14.1. The number of amides is 3. The number of fused-ring (bicyclic) bond motifs is 4. The summed E-state index contributed by atoms with van der Waals surface area (Å²) in [6.45, 7) is 6.60. The first-order valence-electron chi connectivity index (χ1n) is 12.9. The SMILES string of the molecule is CC(C)(C)[C@H](NC(=O)c1cc2ccccc2[nH]1)C(=O)N1C[C@@H]2C[C@H]1CN2C(=O)c1cc2cccc(F)c2[nH]1. The smallest absolute Gasteiger partial charge is 0.270 e. The summed E-state index contributed by atoms with van der Waals surface area (Å²) in [6, 6.07) is 14.8. The molecular weight excluding hydrogens is 485 g/mol. The van der Waals surface area contributed by atoms with Crippen molar-refractivity contribution in [3.8, 4) is 0 Å². The van der Waals surface area contributed by atoms with Crippen LogP contribution in [-0.2, 0) is 4.79 Å². The van der Waals surface area contributed by atoms with Crippen molar-refractivity contribution < 1.29 is 18.8 Å². The highest BCUT2D eigenvalue weighted by Crippen LogP contribution is 2.34. The van der Waals surface area contributed by atoms with E-state index < -0.39 is 17.3 Å². The second-order valence-electron chi connectivity index (χ2n) is 11.4. The van der Waals surface area contributed by atoms with E-state index in [4.69, 9.17) is 0 Å². The Hall–Kier alpha value is -4.14. The van der Waals surface area contributed by atoms with E-state index in [0.29, 0.717) is 41.8 Å². The summed E-state index contributed by atoms with van der Waals surface area (Å²) >= 11 is 0. The van der Waals surface area contributed by atoms with Crippen LogP contribution in [0, 0.1) is 11.2 Å². The Morgan fingerprint density at radius 1 is 0.921 bits per heavy atom. The predicted molar refractivity (Wildman–Crippen MR) is 142 cm³/mol. The average molecular weight is 516 g/mol. The number of hydrogen-bond acceptors (Lipinski definition) is 3. The van der Waals surface area contributed by atoms with Crippen molar-refractivity contribution in [3.05, 3.63) is 71.8 Å². The van der Waals surface area contributed by atoms with E-state index in [1.165, 1.54) is 6.07 Å². The molecule has 3 N–H and O–H groups in total. The molecule has 0 saturated carbocycles. The van der Waals surface area contributed by atoms with Crippen LogP contribution in [0.5, 0.6) is 0 Å². The zero-order valence-electron chi connectivity index (χ0n) is 21.5. The van der Waals surface area contributed by atoms with Crippen LogP contribution >= 0.6 is 0 Å². The Balaban J connectivity index is 1.17. The topological polar surface area (TPSA) is 101 Å². The van der Waals surface area contributed by atoms with E-state index >= 15 is 0 Å². The lowest BCUT2D eigenvalue weighted by molar-refractivity contribution is -0.138. The first kappa shape index (κ1) is 24.2. The highest BCUT2D eigenvalue weighted by atomic mass is 19.1. The molecule has 2 aromatic carbocycles. The van der Waals surface area contributed by atoms with Crippen LogP contribution in [0.25, 0.3) is 21.8 Å².